The topological polar surface area (TPSA) is 61.5 Å². The molecule has 0 unspecified atom stereocenters. The van der Waals surface area contributed by atoms with E-state index in [9.17, 15) is 4.79 Å². The number of nitrogens with zero attached hydrogens (tertiary/aromatic N) is 3. The van der Waals surface area contributed by atoms with E-state index in [0.29, 0.717) is 17.9 Å². The van der Waals surface area contributed by atoms with Gasteiger partial charge in [-0.3, -0.25) is 14.8 Å². The third kappa shape index (κ3) is 3.79. The normalized spacial score (nSPS) is 27.2. The van der Waals surface area contributed by atoms with Crippen molar-refractivity contribution in [3.8, 4) is 0 Å². The Bertz CT molecular complexity index is 872. The highest BCUT2D eigenvalue weighted by Crippen LogP contribution is 2.45. The van der Waals surface area contributed by atoms with Crippen LogP contribution in [0.3, 0.4) is 0 Å². The van der Waals surface area contributed by atoms with Gasteiger partial charge in [0.2, 0.25) is 0 Å². The molecule has 6 nitrogen and oxygen atoms in total. The number of morpholine rings is 1. The zero-order valence-corrected chi connectivity index (χ0v) is 17.8. The molecule has 2 saturated heterocycles. The Morgan fingerprint density at radius 3 is 2.67 bits per heavy atom. The molecule has 3 heterocycles. The number of aromatic nitrogens is 2. The molecule has 1 saturated carbocycles. The van der Waals surface area contributed by atoms with E-state index in [1.54, 1.807) is 6.20 Å². The zero-order chi connectivity index (χ0) is 20.5. The summed E-state index contributed by atoms with van der Waals surface area (Å²) in [5.41, 5.74) is 4.33. The van der Waals surface area contributed by atoms with Crippen LogP contribution >= 0.6 is 0 Å². The van der Waals surface area contributed by atoms with Gasteiger partial charge in [0.25, 0.3) is 5.91 Å². The minimum absolute atomic E-state index is 0.143. The molecule has 160 valence electrons. The molecule has 5 rings (SSSR count). The summed E-state index contributed by atoms with van der Waals surface area (Å²) in [5, 5.41) is 6.99. The summed E-state index contributed by atoms with van der Waals surface area (Å²) in [5.74, 6) is 1.15. The molecule has 3 aliphatic rings. The number of aromatic amines is 1. The lowest BCUT2D eigenvalue weighted by molar-refractivity contribution is 0.0342. The highest BCUT2D eigenvalue weighted by atomic mass is 16.5. The van der Waals surface area contributed by atoms with Crippen LogP contribution in [0.1, 0.15) is 58.8 Å². The predicted octanol–water partition coefficient (Wildman–Crippen LogP) is 3.35. The van der Waals surface area contributed by atoms with Crippen molar-refractivity contribution in [2.75, 3.05) is 32.8 Å². The highest BCUT2D eigenvalue weighted by molar-refractivity contribution is 5.95. The minimum Gasteiger partial charge on any atom is -0.379 e. The van der Waals surface area contributed by atoms with E-state index in [1.165, 1.54) is 30.4 Å². The summed E-state index contributed by atoms with van der Waals surface area (Å²) in [7, 11) is 0. The molecule has 0 bridgehead atoms. The maximum absolute atomic E-state index is 13.3. The van der Waals surface area contributed by atoms with E-state index in [2.05, 4.69) is 44.3 Å². The summed E-state index contributed by atoms with van der Waals surface area (Å²) in [6.07, 6.45) is 6.53. The smallest absolute Gasteiger partial charge is 0.257 e. The van der Waals surface area contributed by atoms with Gasteiger partial charge in [-0.05, 0) is 36.8 Å². The van der Waals surface area contributed by atoms with Gasteiger partial charge in [-0.1, -0.05) is 37.1 Å². The lowest BCUT2D eigenvalue weighted by Gasteiger charge is -2.32. The Hall–Kier alpha value is -2.18. The van der Waals surface area contributed by atoms with Gasteiger partial charge >= 0.3 is 0 Å². The molecular weight excluding hydrogens is 376 g/mol. The van der Waals surface area contributed by atoms with Crippen molar-refractivity contribution < 1.29 is 9.53 Å². The number of carbonyl (C=O) groups excluding carboxylic acids is 1. The fourth-order valence-corrected chi connectivity index (χ4v) is 5.67. The monoisotopic (exact) mass is 408 g/mol. The number of H-pyrrole nitrogens is 1. The number of hydrogen-bond acceptors (Lipinski definition) is 4. The Balaban J connectivity index is 1.33. The zero-order valence-electron chi connectivity index (χ0n) is 17.8. The first kappa shape index (κ1) is 19.8. The quantitative estimate of drug-likeness (QED) is 0.843. The number of benzene rings is 1. The average Bonchev–Trinajstić information content (AvgIpc) is 3.38. The van der Waals surface area contributed by atoms with E-state index < -0.39 is 0 Å². The molecule has 3 atom stereocenters. The molecule has 1 amide bonds. The number of hydrogen-bond donors (Lipinski definition) is 1. The van der Waals surface area contributed by atoms with Crippen LogP contribution in [0.4, 0.5) is 0 Å². The van der Waals surface area contributed by atoms with Gasteiger partial charge in [-0.25, -0.2) is 0 Å². The Labute approximate surface area is 178 Å². The number of amides is 1. The summed E-state index contributed by atoms with van der Waals surface area (Å²) in [6, 6.07) is 9.55. The molecule has 2 aliphatic heterocycles. The summed E-state index contributed by atoms with van der Waals surface area (Å²) < 4.78 is 5.46. The number of rotatable bonds is 4. The first-order valence-electron chi connectivity index (χ1n) is 11.4. The van der Waals surface area contributed by atoms with Crippen LogP contribution in [0.5, 0.6) is 0 Å². The molecule has 6 heteroatoms. The second-order valence-electron chi connectivity index (χ2n) is 9.12. The van der Waals surface area contributed by atoms with Crippen LogP contribution < -0.4 is 0 Å². The Morgan fingerprint density at radius 1 is 1.17 bits per heavy atom. The molecule has 1 N–H and O–H groups in total. The number of likely N-dealkylation sites (tertiary alicyclic amines) is 1. The standard InChI is InChI=1S/C24H32N4O2/c1-17-21(14-25-26-17)24(29)28-16-22(20-4-2-3-5-23(20)28)19-8-6-18(7-9-19)15-27-10-12-30-13-11-27/h6-9,14,20,22-23H,2-5,10-13,15-16H2,1H3,(H,25,26)/t20-,22-,23-/m1/s1. The van der Waals surface area contributed by atoms with Crippen molar-refractivity contribution >= 4 is 5.91 Å². The van der Waals surface area contributed by atoms with Crippen molar-refractivity contribution in [1.82, 2.24) is 20.0 Å². The van der Waals surface area contributed by atoms with Gasteiger partial charge in [0, 0.05) is 43.8 Å². The second-order valence-corrected chi connectivity index (χ2v) is 9.12. The maximum Gasteiger partial charge on any atom is 0.257 e. The summed E-state index contributed by atoms with van der Waals surface area (Å²) in [6.45, 7) is 7.44. The van der Waals surface area contributed by atoms with Crippen LogP contribution in [-0.2, 0) is 11.3 Å². The van der Waals surface area contributed by atoms with Gasteiger partial charge in [0.1, 0.15) is 0 Å². The van der Waals surface area contributed by atoms with Crippen molar-refractivity contribution in [2.45, 2.75) is 51.1 Å². The van der Waals surface area contributed by atoms with E-state index in [4.69, 9.17) is 4.74 Å². The van der Waals surface area contributed by atoms with Crippen LogP contribution in [-0.4, -0.2) is 64.8 Å². The number of nitrogens with one attached hydrogen (secondary N) is 1. The maximum atomic E-state index is 13.3. The van der Waals surface area contributed by atoms with Crippen molar-refractivity contribution in [1.29, 1.82) is 0 Å². The van der Waals surface area contributed by atoms with Crippen molar-refractivity contribution in [3.63, 3.8) is 0 Å². The Kier molecular flexibility index (Phi) is 5.61. The van der Waals surface area contributed by atoms with Gasteiger partial charge in [0.05, 0.1) is 25.0 Å². The fourth-order valence-electron chi connectivity index (χ4n) is 5.67. The molecule has 0 spiro atoms. The van der Waals surface area contributed by atoms with Crippen molar-refractivity contribution in [3.05, 3.63) is 52.8 Å². The van der Waals surface area contributed by atoms with Crippen LogP contribution in [0, 0.1) is 12.8 Å². The molecule has 1 aliphatic carbocycles. The third-order valence-corrected chi connectivity index (χ3v) is 7.33. The first-order valence-corrected chi connectivity index (χ1v) is 11.4. The number of aryl methyl sites for hydroxylation is 1. The summed E-state index contributed by atoms with van der Waals surface area (Å²) in [4.78, 5) is 17.9. The predicted molar refractivity (Wildman–Crippen MR) is 115 cm³/mol. The molecule has 0 radical (unpaired) electrons. The van der Waals surface area contributed by atoms with E-state index in [0.717, 1.165) is 57.1 Å². The SMILES string of the molecule is Cc1[nH]ncc1C(=O)N1C[C@H](c2ccc(CN3CCOCC3)cc2)[C@H]2CCCC[C@H]21. The highest BCUT2D eigenvalue weighted by Gasteiger charge is 2.45. The van der Waals surface area contributed by atoms with Gasteiger partial charge in [-0.2, -0.15) is 5.10 Å². The minimum atomic E-state index is 0.143. The molecule has 2 aromatic rings. The van der Waals surface area contributed by atoms with E-state index in [1.807, 2.05) is 6.92 Å². The molecule has 3 fully saturated rings. The van der Waals surface area contributed by atoms with Gasteiger partial charge in [0.15, 0.2) is 0 Å². The molecule has 1 aromatic heterocycles. The van der Waals surface area contributed by atoms with Crippen LogP contribution in [0.25, 0.3) is 0 Å². The first-order chi connectivity index (χ1) is 14.7. The largest absolute Gasteiger partial charge is 0.379 e. The van der Waals surface area contributed by atoms with E-state index >= 15 is 0 Å². The third-order valence-electron chi connectivity index (χ3n) is 7.33. The lowest BCUT2D eigenvalue weighted by atomic mass is 9.77. The Morgan fingerprint density at radius 2 is 1.93 bits per heavy atom. The van der Waals surface area contributed by atoms with Crippen LogP contribution in [0.2, 0.25) is 0 Å². The van der Waals surface area contributed by atoms with E-state index in [-0.39, 0.29) is 5.91 Å². The number of ether oxygens (including phenoxy) is 1. The number of fused-ring (bicyclic) bond motifs is 1. The summed E-state index contributed by atoms with van der Waals surface area (Å²) >= 11 is 0. The molecule has 1 aromatic carbocycles. The van der Waals surface area contributed by atoms with Crippen molar-refractivity contribution in [2.24, 2.45) is 5.92 Å². The number of carbonyl (C=O) groups is 1. The van der Waals surface area contributed by atoms with Gasteiger partial charge in [-0.15, -0.1) is 0 Å². The molecular formula is C24H32N4O2. The van der Waals surface area contributed by atoms with Gasteiger partial charge < -0.3 is 9.64 Å². The average molecular weight is 409 g/mol. The molecule has 30 heavy (non-hydrogen) atoms. The lowest BCUT2D eigenvalue weighted by Crippen LogP contribution is -2.39. The fraction of sp³-hybridized carbons (Fsp3) is 0.583. The second kappa shape index (κ2) is 8.52. The van der Waals surface area contributed by atoms with Crippen LogP contribution in [0.15, 0.2) is 30.5 Å².